The fourth-order valence-corrected chi connectivity index (χ4v) is 4.30. The minimum atomic E-state index is -0.356. The number of nitrogens with zero attached hydrogens (tertiary/aromatic N) is 1. The molecule has 4 rings (SSSR count). The zero-order valence-corrected chi connectivity index (χ0v) is 19.0. The van der Waals surface area contributed by atoms with Crippen LogP contribution in [-0.2, 0) is 6.42 Å². The molecule has 0 aliphatic carbocycles. The fourth-order valence-electron chi connectivity index (χ4n) is 3.40. The fraction of sp³-hybridized carbons (Fsp3) is 0.160. The van der Waals surface area contributed by atoms with Crippen LogP contribution in [-0.4, -0.2) is 16.9 Å². The lowest BCUT2D eigenvalue weighted by Gasteiger charge is -2.09. The standard InChI is InChI=1S/C25H24N4O2S/c1-4-17-6-5-7-19(13-17)26-24(31)29-25-28-21-11-9-18(14-22(21)32-25)23(30)27-20-10-8-15(2)12-16(20)3/h5-14H,4H2,1-3H3,(H,27,30)(H2,26,28,29,31). The first-order valence-corrected chi connectivity index (χ1v) is 11.2. The summed E-state index contributed by atoms with van der Waals surface area (Å²) in [5.74, 6) is -0.185. The smallest absolute Gasteiger partial charge is 0.322 e. The van der Waals surface area contributed by atoms with Gasteiger partial charge in [-0.3, -0.25) is 10.1 Å². The van der Waals surface area contributed by atoms with Gasteiger partial charge in [-0.05, 0) is 67.8 Å². The maximum absolute atomic E-state index is 12.7. The van der Waals surface area contributed by atoms with Gasteiger partial charge in [0.05, 0.1) is 10.2 Å². The molecule has 0 saturated carbocycles. The van der Waals surface area contributed by atoms with E-state index in [-0.39, 0.29) is 11.9 Å². The summed E-state index contributed by atoms with van der Waals surface area (Å²) in [4.78, 5) is 29.6. The number of amides is 3. The molecule has 3 N–H and O–H groups in total. The molecule has 1 heterocycles. The second-order valence-electron chi connectivity index (χ2n) is 7.61. The molecule has 0 spiro atoms. The first-order valence-electron chi connectivity index (χ1n) is 10.4. The average Bonchev–Trinajstić information content (AvgIpc) is 3.16. The van der Waals surface area contributed by atoms with Crippen molar-refractivity contribution in [2.45, 2.75) is 27.2 Å². The van der Waals surface area contributed by atoms with Crippen LogP contribution in [0.3, 0.4) is 0 Å². The van der Waals surface area contributed by atoms with Crippen LogP contribution in [0.1, 0.15) is 34.0 Å². The SMILES string of the molecule is CCc1cccc(NC(=O)Nc2nc3ccc(C(=O)Nc4ccc(C)cc4C)cc3s2)c1. The van der Waals surface area contributed by atoms with Gasteiger partial charge in [-0.25, -0.2) is 9.78 Å². The Kier molecular flexibility index (Phi) is 6.18. The van der Waals surface area contributed by atoms with E-state index in [0.29, 0.717) is 10.7 Å². The van der Waals surface area contributed by atoms with E-state index in [4.69, 9.17) is 0 Å². The number of anilines is 3. The molecular formula is C25H24N4O2S. The van der Waals surface area contributed by atoms with Crippen LogP contribution in [0, 0.1) is 13.8 Å². The highest BCUT2D eigenvalue weighted by Gasteiger charge is 2.12. The summed E-state index contributed by atoms with van der Waals surface area (Å²) in [7, 11) is 0. The molecule has 162 valence electrons. The van der Waals surface area contributed by atoms with Crippen LogP contribution >= 0.6 is 11.3 Å². The highest BCUT2D eigenvalue weighted by Crippen LogP contribution is 2.27. The van der Waals surface area contributed by atoms with Crippen molar-refractivity contribution >= 4 is 50.0 Å². The lowest BCUT2D eigenvalue weighted by Crippen LogP contribution is -2.19. The summed E-state index contributed by atoms with van der Waals surface area (Å²) in [5.41, 5.74) is 6.08. The molecule has 1 aromatic heterocycles. The number of hydrogen-bond acceptors (Lipinski definition) is 4. The Bertz CT molecular complexity index is 1310. The number of hydrogen-bond donors (Lipinski definition) is 3. The third-order valence-electron chi connectivity index (χ3n) is 5.09. The first-order chi connectivity index (χ1) is 15.4. The Balaban J connectivity index is 1.46. The van der Waals surface area contributed by atoms with E-state index in [1.165, 1.54) is 11.3 Å². The normalized spacial score (nSPS) is 10.7. The molecule has 6 nitrogen and oxygen atoms in total. The van der Waals surface area contributed by atoms with E-state index in [9.17, 15) is 9.59 Å². The third-order valence-corrected chi connectivity index (χ3v) is 6.03. The molecule has 0 atom stereocenters. The largest absolute Gasteiger partial charge is 0.325 e. The Morgan fingerprint density at radius 2 is 1.78 bits per heavy atom. The van der Waals surface area contributed by atoms with Crippen LogP contribution in [0.2, 0.25) is 0 Å². The van der Waals surface area contributed by atoms with Gasteiger partial charge in [-0.2, -0.15) is 0 Å². The van der Waals surface area contributed by atoms with E-state index >= 15 is 0 Å². The molecule has 32 heavy (non-hydrogen) atoms. The van der Waals surface area contributed by atoms with E-state index in [1.54, 1.807) is 18.2 Å². The molecule has 0 aliphatic rings. The molecule has 0 unspecified atom stereocenters. The van der Waals surface area contributed by atoms with E-state index in [1.807, 2.05) is 56.3 Å². The molecule has 0 radical (unpaired) electrons. The van der Waals surface area contributed by atoms with Crippen molar-refractivity contribution in [3.05, 3.63) is 82.9 Å². The second-order valence-corrected chi connectivity index (χ2v) is 8.64. The van der Waals surface area contributed by atoms with Crippen LogP contribution in [0.4, 0.5) is 21.3 Å². The van der Waals surface area contributed by atoms with Gasteiger partial charge in [-0.15, -0.1) is 0 Å². The van der Waals surface area contributed by atoms with Crippen molar-refractivity contribution in [2.75, 3.05) is 16.0 Å². The number of nitrogens with one attached hydrogen (secondary N) is 3. The van der Waals surface area contributed by atoms with E-state index < -0.39 is 0 Å². The monoisotopic (exact) mass is 444 g/mol. The van der Waals surface area contributed by atoms with Gasteiger partial charge in [0.15, 0.2) is 5.13 Å². The van der Waals surface area contributed by atoms with Gasteiger partial charge in [0.2, 0.25) is 0 Å². The van der Waals surface area contributed by atoms with Crippen molar-refractivity contribution in [3.63, 3.8) is 0 Å². The second kappa shape index (κ2) is 9.20. The van der Waals surface area contributed by atoms with Crippen LogP contribution in [0.5, 0.6) is 0 Å². The number of urea groups is 1. The predicted molar refractivity (Wildman–Crippen MR) is 132 cm³/mol. The number of fused-ring (bicyclic) bond motifs is 1. The Morgan fingerprint density at radius 3 is 2.56 bits per heavy atom. The topological polar surface area (TPSA) is 83.1 Å². The molecule has 4 aromatic rings. The quantitative estimate of drug-likeness (QED) is 0.334. The lowest BCUT2D eigenvalue weighted by molar-refractivity contribution is 0.102. The van der Waals surface area contributed by atoms with Crippen molar-refractivity contribution in [1.29, 1.82) is 0 Å². The van der Waals surface area contributed by atoms with Gasteiger partial charge < -0.3 is 10.6 Å². The molecule has 3 aromatic carbocycles. The van der Waals surface area contributed by atoms with Crippen LogP contribution in [0.25, 0.3) is 10.2 Å². The summed E-state index contributed by atoms with van der Waals surface area (Å²) in [6.07, 6.45) is 0.897. The minimum Gasteiger partial charge on any atom is -0.322 e. The average molecular weight is 445 g/mol. The summed E-state index contributed by atoms with van der Waals surface area (Å²) in [5, 5.41) is 9.03. The van der Waals surface area contributed by atoms with E-state index in [2.05, 4.69) is 27.9 Å². The highest BCUT2D eigenvalue weighted by atomic mass is 32.1. The van der Waals surface area contributed by atoms with Gasteiger partial charge in [-0.1, -0.05) is 48.1 Å². The Hall–Kier alpha value is -3.71. The van der Waals surface area contributed by atoms with Crippen molar-refractivity contribution in [3.8, 4) is 0 Å². The molecule has 7 heteroatoms. The molecule has 0 aliphatic heterocycles. The predicted octanol–water partition coefficient (Wildman–Crippen LogP) is 6.37. The number of benzene rings is 3. The number of thiazole rings is 1. The van der Waals surface area contributed by atoms with Gasteiger partial charge in [0.25, 0.3) is 5.91 Å². The molecule has 0 saturated heterocycles. The van der Waals surface area contributed by atoms with Gasteiger partial charge in [0, 0.05) is 16.9 Å². The number of carbonyl (C=O) groups is 2. The summed E-state index contributed by atoms with van der Waals surface area (Å²) in [6, 6.07) is 18.6. The molecule has 0 fully saturated rings. The van der Waals surface area contributed by atoms with Crippen molar-refractivity contribution in [2.24, 2.45) is 0 Å². The van der Waals surface area contributed by atoms with Gasteiger partial charge >= 0.3 is 6.03 Å². The summed E-state index contributed by atoms with van der Waals surface area (Å²) < 4.78 is 0.821. The molecule has 0 bridgehead atoms. The summed E-state index contributed by atoms with van der Waals surface area (Å²) >= 11 is 1.32. The minimum absolute atomic E-state index is 0.185. The molecule has 3 amide bonds. The van der Waals surface area contributed by atoms with Crippen LogP contribution in [0.15, 0.2) is 60.7 Å². The maximum atomic E-state index is 12.7. The van der Waals surface area contributed by atoms with Gasteiger partial charge in [0.1, 0.15) is 0 Å². The highest BCUT2D eigenvalue weighted by molar-refractivity contribution is 7.22. The number of rotatable bonds is 5. The number of aromatic nitrogens is 1. The maximum Gasteiger partial charge on any atom is 0.325 e. The zero-order valence-electron chi connectivity index (χ0n) is 18.2. The number of aryl methyl sites for hydroxylation is 3. The third kappa shape index (κ3) is 4.95. The zero-order chi connectivity index (χ0) is 22.7. The van der Waals surface area contributed by atoms with E-state index in [0.717, 1.165) is 44.7 Å². The molecular weight excluding hydrogens is 420 g/mol. The summed E-state index contributed by atoms with van der Waals surface area (Å²) in [6.45, 7) is 6.05. The van der Waals surface area contributed by atoms with Crippen molar-refractivity contribution < 1.29 is 9.59 Å². The Morgan fingerprint density at radius 1 is 0.938 bits per heavy atom. The van der Waals surface area contributed by atoms with Crippen LogP contribution < -0.4 is 16.0 Å². The van der Waals surface area contributed by atoms with Crippen molar-refractivity contribution in [1.82, 2.24) is 4.98 Å². The Labute approximate surface area is 190 Å². The number of carbonyl (C=O) groups excluding carboxylic acids is 2. The lowest BCUT2D eigenvalue weighted by atomic mass is 10.1. The first kappa shape index (κ1) is 21.5.